The maximum Gasteiger partial charge on any atom is 0.267 e. The maximum absolute atomic E-state index is 13.1. The van der Waals surface area contributed by atoms with Crippen molar-refractivity contribution in [3.05, 3.63) is 33.0 Å². The molecule has 3 N–H and O–H groups in total. The van der Waals surface area contributed by atoms with Gasteiger partial charge in [0.05, 0.1) is 29.8 Å². The van der Waals surface area contributed by atoms with Gasteiger partial charge in [-0.15, -0.1) is 29.1 Å². The Balaban J connectivity index is 1.73. The maximum atomic E-state index is 13.1. The van der Waals surface area contributed by atoms with Crippen molar-refractivity contribution in [2.45, 2.75) is 51.6 Å². The monoisotopic (exact) mass is 501 g/mol. The summed E-state index contributed by atoms with van der Waals surface area (Å²) in [4.78, 5) is 33.7. The van der Waals surface area contributed by atoms with E-state index in [9.17, 15) is 19.8 Å². The summed E-state index contributed by atoms with van der Waals surface area (Å²) in [5.74, 6) is 1.99. The van der Waals surface area contributed by atoms with Gasteiger partial charge < -0.3 is 15.1 Å². The Morgan fingerprint density at radius 2 is 2.18 bits per heavy atom. The standard InChI is InChI=1S/C25H31N3O4S2/c1-5-10-28(4)20(31)12-15-21-17(34-23(26-21)27-22(32)16-7-6-11-33-16)13-18-24(15,2)9-8-19(30)25(18,3)14-29/h1,6-7,11,15,18-19,29-30H,8-10,12-14H2,2-4H3,(H,26,27,32). The van der Waals surface area contributed by atoms with Gasteiger partial charge in [-0.05, 0) is 42.0 Å². The van der Waals surface area contributed by atoms with Crippen molar-refractivity contribution < 1.29 is 19.8 Å². The van der Waals surface area contributed by atoms with Gasteiger partial charge in [-0.3, -0.25) is 14.9 Å². The summed E-state index contributed by atoms with van der Waals surface area (Å²) in [5, 5.41) is 26.5. The number of fused-ring (bicyclic) bond motifs is 2. The number of aliphatic hydroxyl groups is 2. The molecule has 7 nitrogen and oxygen atoms in total. The third-order valence-corrected chi connectivity index (χ3v) is 9.87. The highest BCUT2D eigenvalue weighted by Crippen LogP contribution is 2.62. The molecule has 34 heavy (non-hydrogen) atoms. The van der Waals surface area contributed by atoms with E-state index in [1.165, 1.54) is 22.7 Å². The molecule has 2 heterocycles. The Bertz CT molecular complexity index is 1110. The third-order valence-electron chi connectivity index (χ3n) is 7.99. The Morgan fingerprint density at radius 3 is 2.82 bits per heavy atom. The molecule has 2 amide bonds. The molecule has 2 aliphatic rings. The highest BCUT2D eigenvalue weighted by Gasteiger charge is 2.59. The number of hydrogen-bond donors (Lipinski definition) is 3. The van der Waals surface area contributed by atoms with E-state index >= 15 is 0 Å². The van der Waals surface area contributed by atoms with Crippen LogP contribution in [0.1, 0.15) is 59.3 Å². The number of hydrogen-bond acceptors (Lipinski definition) is 7. The first kappa shape index (κ1) is 24.9. The van der Waals surface area contributed by atoms with Gasteiger partial charge in [-0.2, -0.15) is 0 Å². The fourth-order valence-electron chi connectivity index (χ4n) is 5.82. The Hall–Kier alpha value is -2.25. The van der Waals surface area contributed by atoms with Gasteiger partial charge in [0, 0.05) is 29.7 Å². The van der Waals surface area contributed by atoms with E-state index in [1.54, 1.807) is 18.0 Å². The van der Waals surface area contributed by atoms with Crippen LogP contribution in [0, 0.1) is 29.1 Å². The minimum Gasteiger partial charge on any atom is -0.396 e. The van der Waals surface area contributed by atoms with E-state index in [4.69, 9.17) is 11.4 Å². The number of aromatic nitrogens is 1. The lowest BCUT2D eigenvalue weighted by molar-refractivity contribution is -0.146. The van der Waals surface area contributed by atoms with Crippen LogP contribution in [0.25, 0.3) is 0 Å². The molecule has 182 valence electrons. The van der Waals surface area contributed by atoms with E-state index in [1.807, 2.05) is 18.4 Å². The second-order valence-electron chi connectivity index (χ2n) is 9.95. The van der Waals surface area contributed by atoms with Crippen LogP contribution >= 0.6 is 22.7 Å². The molecule has 2 aliphatic carbocycles. The van der Waals surface area contributed by atoms with Gasteiger partial charge in [-0.25, -0.2) is 4.98 Å². The molecule has 1 fully saturated rings. The number of thiophene rings is 1. The van der Waals surface area contributed by atoms with Crippen molar-refractivity contribution >= 4 is 39.6 Å². The zero-order valence-electron chi connectivity index (χ0n) is 19.7. The predicted octanol–water partition coefficient (Wildman–Crippen LogP) is 3.35. The number of aliphatic hydroxyl groups excluding tert-OH is 2. The molecule has 0 bridgehead atoms. The van der Waals surface area contributed by atoms with Crippen LogP contribution in [-0.2, 0) is 11.2 Å². The first-order valence-electron chi connectivity index (χ1n) is 11.4. The Labute approximate surface area is 208 Å². The van der Waals surface area contributed by atoms with E-state index in [0.717, 1.165) is 17.0 Å². The van der Waals surface area contributed by atoms with Crippen LogP contribution in [-0.4, -0.2) is 58.2 Å². The first-order chi connectivity index (χ1) is 16.1. The molecule has 2 aromatic rings. The Kier molecular flexibility index (Phi) is 6.89. The fraction of sp³-hybridized carbons (Fsp3) is 0.560. The first-order valence-corrected chi connectivity index (χ1v) is 13.1. The van der Waals surface area contributed by atoms with Crippen molar-refractivity contribution in [1.82, 2.24) is 9.88 Å². The minimum atomic E-state index is -0.693. The number of amides is 2. The van der Waals surface area contributed by atoms with E-state index in [-0.39, 0.29) is 48.6 Å². The quantitative estimate of drug-likeness (QED) is 0.527. The summed E-state index contributed by atoms with van der Waals surface area (Å²) in [6, 6.07) is 3.59. The number of nitrogens with one attached hydrogen (secondary N) is 1. The van der Waals surface area contributed by atoms with Crippen molar-refractivity contribution in [1.29, 1.82) is 0 Å². The molecule has 1 saturated carbocycles. The topological polar surface area (TPSA) is 103 Å². The molecule has 0 spiro atoms. The number of rotatable bonds is 6. The number of carbonyl (C=O) groups is 2. The number of anilines is 1. The van der Waals surface area contributed by atoms with Crippen LogP contribution in [0.3, 0.4) is 0 Å². The smallest absolute Gasteiger partial charge is 0.267 e. The lowest BCUT2D eigenvalue weighted by Crippen LogP contribution is -2.57. The number of nitrogens with zero attached hydrogens (tertiary/aromatic N) is 2. The van der Waals surface area contributed by atoms with Crippen molar-refractivity contribution in [2.75, 3.05) is 25.5 Å². The molecular formula is C25H31N3O4S2. The second kappa shape index (κ2) is 9.42. The fourth-order valence-corrected chi connectivity index (χ4v) is 7.50. The predicted molar refractivity (Wildman–Crippen MR) is 134 cm³/mol. The van der Waals surface area contributed by atoms with Crippen LogP contribution in [0.2, 0.25) is 0 Å². The van der Waals surface area contributed by atoms with E-state index < -0.39 is 11.5 Å². The van der Waals surface area contributed by atoms with Gasteiger partial charge in [0.15, 0.2) is 5.13 Å². The van der Waals surface area contributed by atoms with Crippen molar-refractivity contribution in [2.24, 2.45) is 16.7 Å². The van der Waals surface area contributed by atoms with Gasteiger partial charge in [0.2, 0.25) is 5.91 Å². The molecule has 9 heteroatoms. The summed E-state index contributed by atoms with van der Waals surface area (Å²) in [5.41, 5.74) is -0.204. The van der Waals surface area contributed by atoms with Gasteiger partial charge >= 0.3 is 0 Å². The van der Waals surface area contributed by atoms with Crippen LogP contribution in [0.5, 0.6) is 0 Å². The summed E-state index contributed by atoms with van der Waals surface area (Å²) in [7, 11) is 1.70. The molecule has 0 aliphatic heterocycles. The highest BCUT2D eigenvalue weighted by atomic mass is 32.1. The van der Waals surface area contributed by atoms with Crippen LogP contribution in [0.15, 0.2) is 17.5 Å². The third kappa shape index (κ3) is 4.17. The SMILES string of the molecule is C#CCN(C)C(=O)CC1c2nc(NC(=O)c3cccs3)sc2CC2C(C)(CO)C(O)CCC12C. The number of carbonyl (C=O) groups excluding carboxylic acids is 2. The summed E-state index contributed by atoms with van der Waals surface area (Å²) in [6.07, 6.45) is 6.94. The average Bonchev–Trinajstić information content (AvgIpc) is 3.48. The molecule has 4 rings (SSSR count). The summed E-state index contributed by atoms with van der Waals surface area (Å²) in [6.45, 7) is 4.18. The molecule has 0 saturated heterocycles. The van der Waals surface area contributed by atoms with Gasteiger partial charge in [0.25, 0.3) is 5.91 Å². The largest absolute Gasteiger partial charge is 0.396 e. The molecule has 5 atom stereocenters. The highest BCUT2D eigenvalue weighted by molar-refractivity contribution is 7.16. The lowest BCUT2D eigenvalue weighted by atomic mass is 9.47. The lowest BCUT2D eigenvalue weighted by Gasteiger charge is -2.58. The average molecular weight is 502 g/mol. The van der Waals surface area contributed by atoms with E-state index in [0.29, 0.717) is 22.9 Å². The van der Waals surface area contributed by atoms with Gasteiger partial charge in [0.1, 0.15) is 0 Å². The minimum absolute atomic E-state index is 0.0433. The van der Waals surface area contributed by atoms with E-state index in [2.05, 4.69) is 18.2 Å². The molecular weight excluding hydrogens is 470 g/mol. The van der Waals surface area contributed by atoms with Crippen LogP contribution in [0.4, 0.5) is 5.13 Å². The Morgan fingerprint density at radius 1 is 1.41 bits per heavy atom. The zero-order valence-corrected chi connectivity index (χ0v) is 21.3. The molecule has 0 radical (unpaired) electrons. The normalized spacial score (nSPS) is 30.1. The van der Waals surface area contributed by atoms with Crippen LogP contribution < -0.4 is 5.32 Å². The molecule has 0 aromatic carbocycles. The molecule has 5 unspecified atom stereocenters. The number of terminal acetylenes is 1. The summed E-state index contributed by atoms with van der Waals surface area (Å²) < 4.78 is 0. The molecule has 2 aromatic heterocycles. The van der Waals surface area contributed by atoms with Crippen molar-refractivity contribution in [3.8, 4) is 12.3 Å². The number of thiazole rings is 1. The van der Waals surface area contributed by atoms with Crippen molar-refractivity contribution in [3.63, 3.8) is 0 Å². The van der Waals surface area contributed by atoms with Gasteiger partial charge in [-0.1, -0.05) is 25.8 Å². The second-order valence-corrected chi connectivity index (χ2v) is 12.0. The zero-order chi connectivity index (χ0) is 24.7. The summed E-state index contributed by atoms with van der Waals surface area (Å²) >= 11 is 2.78.